The molecule has 0 aliphatic carbocycles. The zero-order valence-electron chi connectivity index (χ0n) is 13.2. The van der Waals surface area contributed by atoms with Crippen molar-refractivity contribution in [2.75, 3.05) is 32.7 Å². The summed E-state index contributed by atoms with van der Waals surface area (Å²) in [4.78, 5) is 5.33. The molecule has 0 aromatic carbocycles. The largest absolute Gasteiger partial charge is 0.328 e. The van der Waals surface area contributed by atoms with Crippen molar-refractivity contribution in [1.82, 2.24) is 9.80 Å². The molecule has 0 radical (unpaired) electrons. The monoisotopic (exact) mass is 267 g/mol. The summed E-state index contributed by atoms with van der Waals surface area (Å²) in [5.41, 5.74) is 6.62. The lowest BCUT2D eigenvalue weighted by Gasteiger charge is -2.26. The van der Waals surface area contributed by atoms with Gasteiger partial charge in [0.1, 0.15) is 0 Å². The molecule has 2 rings (SSSR count). The molecule has 0 aromatic rings. The molecule has 2 aliphatic heterocycles. The molecule has 2 fully saturated rings. The molecule has 2 unspecified atom stereocenters. The van der Waals surface area contributed by atoms with Crippen molar-refractivity contribution in [3.05, 3.63) is 0 Å². The SMILES string of the molecule is CC(C)(C)CC(N)CCN1CCC(N2CCCC2)C1. The van der Waals surface area contributed by atoms with E-state index in [1.54, 1.807) is 0 Å². The normalized spacial score (nSPS) is 28.1. The summed E-state index contributed by atoms with van der Waals surface area (Å²) in [5.74, 6) is 0. The average Bonchev–Trinajstić information content (AvgIpc) is 2.95. The van der Waals surface area contributed by atoms with Crippen LogP contribution in [0.2, 0.25) is 0 Å². The van der Waals surface area contributed by atoms with Crippen LogP contribution in [0.1, 0.15) is 52.9 Å². The lowest BCUT2D eigenvalue weighted by Crippen LogP contribution is -2.36. The van der Waals surface area contributed by atoms with Gasteiger partial charge in [0.25, 0.3) is 0 Å². The van der Waals surface area contributed by atoms with Gasteiger partial charge in [-0.15, -0.1) is 0 Å². The highest BCUT2D eigenvalue weighted by Crippen LogP contribution is 2.23. The first-order valence-electron chi connectivity index (χ1n) is 8.16. The van der Waals surface area contributed by atoms with E-state index < -0.39 is 0 Å². The minimum absolute atomic E-state index is 0.364. The van der Waals surface area contributed by atoms with Gasteiger partial charge in [-0.3, -0.25) is 4.90 Å². The van der Waals surface area contributed by atoms with Gasteiger partial charge in [0.15, 0.2) is 0 Å². The Balaban J connectivity index is 1.64. The van der Waals surface area contributed by atoms with Crippen LogP contribution in [0.4, 0.5) is 0 Å². The maximum absolute atomic E-state index is 6.26. The van der Waals surface area contributed by atoms with Crippen LogP contribution < -0.4 is 5.73 Å². The van der Waals surface area contributed by atoms with Gasteiger partial charge in [-0.1, -0.05) is 20.8 Å². The van der Waals surface area contributed by atoms with E-state index in [0.29, 0.717) is 11.5 Å². The smallest absolute Gasteiger partial charge is 0.0235 e. The first-order valence-corrected chi connectivity index (χ1v) is 8.16. The Morgan fingerprint density at radius 1 is 1.16 bits per heavy atom. The molecular weight excluding hydrogens is 234 g/mol. The minimum atomic E-state index is 0.364. The van der Waals surface area contributed by atoms with E-state index in [0.717, 1.165) is 18.9 Å². The predicted octanol–water partition coefficient (Wildman–Crippen LogP) is 2.31. The fraction of sp³-hybridized carbons (Fsp3) is 1.00. The number of likely N-dealkylation sites (tertiary alicyclic amines) is 2. The van der Waals surface area contributed by atoms with Crippen molar-refractivity contribution in [2.24, 2.45) is 11.1 Å². The van der Waals surface area contributed by atoms with Gasteiger partial charge in [-0.2, -0.15) is 0 Å². The van der Waals surface area contributed by atoms with Crippen LogP contribution in [-0.2, 0) is 0 Å². The molecule has 2 heterocycles. The zero-order valence-corrected chi connectivity index (χ0v) is 13.2. The van der Waals surface area contributed by atoms with Crippen LogP contribution in [0.15, 0.2) is 0 Å². The number of nitrogens with two attached hydrogens (primary N) is 1. The highest BCUT2D eigenvalue weighted by Gasteiger charge is 2.29. The van der Waals surface area contributed by atoms with Crippen LogP contribution >= 0.6 is 0 Å². The first-order chi connectivity index (χ1) is 8.94. The fourth-order valence-electron chi connectivity index (χ4n) is 3.66. The van der Waals surface area contributed by atoms with Crippen molar-refractivity contribution >= 4 is 0 Å². The molecule has 3 nitrogen and oxygen atoms in total. The third kappa shape index (κ3) is 5.05. The summed E-state index contributed by atoms with van der Waals surface area (Å²) in [5, 5.41) is 0. The van der Waals surface area contributed by atoms with Crippen LogP contribution in [0.25, 0.3) is 0 Å². The molecule has 0 aromatic heterocycles. The van der Waals surface area contributed by atoms with E-state index in [2.05, 4.69) is 30.6 Å². The Morgan fingerprint density at radius 3 is 2.47 bits per heavy atom. The Labute approximate surface area is 119 Å². The van der Waals surface area contributed by atoms with Crippen LogP contribution in [-0.4, -0.2) is 54.6 Å². The Hall–Kier alpha value is -0.120. The number of rotatable bonds is 5. The predicted molar refractivity (Wildman–Crippen MR) is 82.3 cm³/mol. The third-order valence-electron chi connectivity index (χ3n) is 4.60. The first kappa shape index (κ1) is 15.3. The van der Waals surface area contributed by atoms with Crippen molar-refractivity contribution in [1.29, 1.82) is 0 Å². The van der Waals surface area contributed by atoms with Gasteiger partial charge in [0, 0.05) is 18.6 Å². The Bertz CT molecular complexity index is 266. The topological polar surface area (TPSA) is 32.5 Å². The molecule has 2 N–H and O–H groups in total. The van der Waals surface area contributed by atoms with Crippen molar-refractivity contribution in [3.8, 4) is 0 Å². The number of hydrogen-bond acceptors (Lipinski definition) is 3. The quantitative estimate of drug-likeness (QED) is 0.829. The van der Waals surface area contributed by atoms with Crippen molar-refractivity contribution in [3.63, 3.8) is 0 Å². The van der Waals surface area contributed by atoms with Crippen LogP contribution in [0.5, 0.6) is 0 Å². The molecular formula is C16H33N3. The molecule has 0 amide bonds. The molecule has 3 heteroatoms. The summed E-state index contributed by atoms with van der Waals surface area (Å²) in [6, 6.07) is 1.20. The van der Waals surface area contributed by atoms with Crippen LogP contribution in [0.3, 0.4) is 0 Å². The van der Waals surface area contributed by atoms with Gasteiger partial charge >= 0.3 is 0 Å². The van der Waals surface area contributed by atoms with Gasteiger partial charge in [-0.25, -0.2) is 0 Å². The molecule has 2 aliphatic rings. The van der Waals surface area contributed by atoms with Gasteiger partial charge in [-0.05, 0) is 63.7 Å². The van der Waals surface area contributed by atoms with Gasteiger partial charge in [0.05, 0.1) is 0 Å². The molecule has 0 spiro atoms. The van der Waals surface area contributed by atoms with E-state index in [1.807, 2.05) is 0 Å². The molecule has 19 heavy (non-hydrogen) atoms. The number of hydrogen-bond donors (Lipinski definition) is 1. The van der Waals surface area contributed by atoms with E-state index in [9.17, 15) is 0 Å². The Kier molecular flexibility index (Phi) is 5.27. The second-order valence-electron chi connectivity index (χ2n) is 7.80. The van der Waals surface area contributed by atoms with Crippen LogP contribution in [0, 0.1) is 5.41 Å². The standard InChI is InChI=1S/C16H33N3/c1-16(2,3)12-14(17)6-10-18-11-7-15(13-18)19-8-4-5-9-19/h14-15H,4-13,17H2,1-3H3. The Morgan fingerprint density at radius 2 is 1.84 bits per heavy atom. The minimum Gasteiger partial charge on any atom is -0.328 e. The lowest BCUT2D eigenvalue weighted by atomic mass is 9.87. The number of nitrogens with zero attached hydrogens (tertiary/aromatic N) is 2. The molecule has 2 saturated heterocycles. The van der Waals surface area contributed by atoms with Gasteiger partial charge < -0.3 is 10.6 Å². The lowest BCUT2D eigenvalue weighted by molar-refractivity contribution is 0.226. The average molecular weight is 267 g/mol. The van der Waals surface area contributed by atoms with E-state index >= 15 is 0 Å². The third-order valence-corrected chi connectivity index (χ3v) is 4.60. The summed E-state index contributed by atoms with van der Waals surface area (Å²) < 4.78 is 0. The second-order valence-corrected chi connectivity index (χ2v) is 7.80. The molecule has 0 saturated carbocycles. The van der Waals surface area contributed by atoms with Crippen molar-refractivity contribution in [2.45, 2.75) is 65.0 Å². The molecule has 0 bridgehead atoms. The molecule has 2 atom stereocenters. The second kappa shape index (κ2) is 6.55. The maximum Gasteiger partial charge on any atom is 0.0235 e. The summed E-state index contributed by atoms with van der Waals surface area (Å²) in [7, 11) is 0. The fourth-order valence-corrected chi connectivity index (χ4v) is 3.66. The zero-order chi connectivity index (χ0) is 13.9. The maximum atomic E-state index is 6.26. The summed E-state index contributed by atoms with van der Waals surface area (Å²) in [6.07, 6.45) is 6.48. The highest BCUT2D eigenvalue weighted by atomic mass is 15.3. The van der Waals surface area contributed by atoms with Crippen molar-refractivity contribution < 1.29 is 0 Å². The van der Waals surface area contributed by atoms with E-state index in [4.69, 9.17) is 5.73 Å². The van der Waals surface area contributed by atoms with E-state index in [1.165, 1.54) is 52.0 Å². The van der Waals surface area contributed by atoms with E-state index in [-0.39, 0.29) is 0 Å². The summed E-state index contributed by atoms with van der Waals surface area (Å²) >= 11 is 0. The summed E-state index contributed by atoms with van der Waals surface area (Å²) in [6.45, 7) is 13.3. The molecule has 112 valence electrons. The van der Waals surface area contributed by atoms with Gasteiger partial charge in [0.2, 0.25) is 0 Å². The highest BCUT2D eigenvalue weighted by molar-refractivity contribution is 4.86.